The lowest BCUT2D eigenvalue weighted by Crippen LogP contribution is -2.41. The summed E-state index contributed by atoms with van der Waals surface area (Å²) in [6.07, 6.45) is 0. The molecule has 6 heteroatoms. The van der Waals surface area contributed by atoms with Crippen LogP contribution in [0.5, 0.6) is 0 Å². The van der Waals surface area contributed by atoms with Crippen LogP contribution in [0.15, 0.2) is 42.5 Å². The van der Waals surface area contributed by atoms with Gasteiger partial charge in [0.1, 0.15) is 0 Å². The standard InChI is InChI=1S/C21H22N2O4/c1-14-6-8-16(9-7-14)19(24)20(25)22-18-5-3-4-17(15(18)2)21(26)23-10-12-27-13-11-23/h3-9H,10-13H2,1-2H3,(H,22,25). The van der Waals surface area contributed by atoms with Crippen LogP contribution in [0.4, 0.5) is 5.69 Å². The van der Waals surface area contributed by atoms with Gasteiger partial charge >= 0.3 is 0 Å². The molecule has 140 valence electrons. The zero-order valence-corrected chi connectivity index (χ0v) is 15.5. The van der Waals surface area contributed by atoms with Gasteiger partial charge in [-0.1, -0.05) is 35.9 Å². The molecule has 1 aliphatic heterocycles. The van der Waals surface area contributed by atoms with E-state index in [2.05, 4.69) is 5.32 Å². The molecule has 0 aliphatic carbocycles. The Morgan fingerprint density at radius 1 is 0.963 bits per heavy atom. The van der Waals surface area contributed by atoms with Crippen LogP contribution in [0.3, 0.4) is 0 Å². The number of amides is 2. The Labute approximate surface area is 158 Å². The first kappa shape index (κ1) is 18.8. The van der Waals surface area contributed by atoms with Crippen LogP contribution in [0, 0.1) is 13.8 Å². The Balaban J connectivity index is 1.77. The normalized spacial score (nSPS) is 13.9. The van der Waals surface area contributed by atoms with E-state index >= 15 is 0 Å². The highest BCUT2D eigenvalue weighted by Gasteiger charge is 2.22. The number of carbonyl (C=O) groups excluding carboxylic acids is 3. The second-order valence-electron chi connectivity index (χ2n) is 6.53. The van der Waals surface area contributed by atoms with Crippen molar-refractivity contribution in [2.24, 2.45) is 0 Å². The summed E-state index contributed by atoms with van der Waals surface area (Å²) in [6, 6.07) is 11.9. The maximum Gasteiger partial charge on any atom is 0.296 e. The van der Waals surface area contributed by atoms with E-state index in [1.54, 1.807) is 54.3 Å². The van der Waals surface area contributed by atoms with Crippen molar-refractivity contribution in [1.29, 1.82) is 0 Å². The second-order valence-corrected chi connectivity index (χ2v) is 6.53. The molecule has 1 heterocycles. The topological polar surface area (TPSA) is 75.7 Å². The number of ether oxygens (including phenoxy) is 1. The third-order valence-electron chi connectivity index (χ3n) is 4.63. The number of nitrogens with one attached hydrogen (secondary N) is 1. The Hall–Kier alpha value is -2.99. The Morgan fingerprint density at radius 2 is 1.63 bits per heavy atom. The van der Waals surface area contributed by atoms with Crippen molar-refractivity contribution in [2.75, 3.05) is 31.6 Å². The molecular formula is C21H22N2O4. The average Bonchev–Trinajstić information content (AvgIpc) is 2.69. The van der Waals surface area contributed by atoms with Gasteiger partial charge in [-0.3, -0.25) is 14.4 Å². The molecule has 1 aliphatic rings. The smallest absolute Gasteiger partial charge is 0.296 e. The predicted molar refractivity (Wildman–Crippen MR) is 102 cm³/mol. The van der Waals surface area contributed by atoms with Gasteiger partial charge in [-0.15, -0.1) is 0 Å². The van der Waals surface area contributed by atoms with Crippen LogP contribution in [0.1, 0.15) is 31.8 Å². The van der Waals surface area contributed by atoms with E-state index in [0.29, 0.717) is 48.7 Å². The summed E-state index contributed by atoms with van der Waals surface area (Å²) in [6.45, 7) is 5.80. The van der Waals surface area contributed by atoms with Gasteiger partial charge in [0.25, 0.3) is 17.6 Å². The van der Waals surface area contributed by atoms with Crippen molar-refractivity contribution >= 4 is 23.3 Å². The van der Waals surface area contributed by atoms with Gasteiger partial charge in [0.2, 0.25) is 0 Å². The number of rotatable bonds is 4. The van der Waals surface area contributed by atoms with Crippen molar-refractivity contribution < 1.29 is 19.1 Å². The quantitative estimate of drug-likeness (QED) is 0.667. The number of anilines is 1. The molecule has 0 bridgehead atoms. The molecule has 6 nitrogen and oxygen atoms in total. The summed E-state index contributed by atoms with van der Waals surface area (Å²) in [4.78, 5) is 39.2. The SMILES string of the molecule is Cc1ccc(C(=O)C(=O)Nc2cccc(C(=O)N3CCOCC3)c2C)cc1. The Bertz CT molecular complexity index is 868. The molecule has 0 aromatic heterocycles. The van der Waals surface area contributed by atoms with Crippen LogP contribution in [0.25, 0.3) is 0 Å². The maximum atomic E-state index is 12.7. The van der Waals surface area contributed by atoms with Crippen LogP contribution in [-0.2, 0) is 9.53 Å². The van der Waals surface area contributed by atoms with Crippen molar-refractivity contribution in [1.82, 2.24) is 4.90 Å². The summed E-state index contributed by atoms with van der Waals surface area (Å²) < 4.78 is 5.28. The third-order valence-corrected chi connectivity index (χ3v) is 4.63. The van der Waals surface area contributed by atoms with E-state index in [1.165, 1.54) is 0 Å². The van der Waals surface area contributed by atoms with E-state index in [9.17, 15) is 14.4 Å². The van der Waals surface area contributed by atoms with Gasteiger partial charge < -0.3 is 15.0 Å². The fraction of sp³-hybridized carbons (Fsp3) is 0.286. The summed E-state index contributed by atoms with van der Waals surface area (Å²) in [7, 11) is 0. The molecule has 3 rings (SSSR count). The molecular weight excluding hydrogens is 344 g/mol. The number of hydrogen-bond acceptors (Lipinski definition) is 4. The highest BCUT2D eigenvalue weighted by Crippen LogP contribution is 2.21. The largest absolute Gasteiger partial charge is 0.378 e. The zero-order valence-electron chi connectivity index (χ0n) is 15.5. The lowest BCUT2D eigenvalue weighted by Gasteiger charge is -2.27. The van der Waals surface area contributed by atoms with Gasteiger partial charge in [0, 0.05) is 29.9 Å². The van der Waals surface area contributed by atoms with Crippen LogP contribution < -0.4 is 5.32 Å². The number of carbonyl (C=O) groups is 3. The first-order valence-electron chi connectivity index (χ1n) is 8.86. The predicted octanol–water partition coefficient (Wildman–Crippen LogP) is 2.60. The fourth-order valence-corrected chi connectivity index (χ4v) is 2.95. The lowest BCUT2D eigenvalue weighted by molar-refractivity contribution is -0.112. The van der Waals surface area contributed by atoms with Crippen molar-refractivity contribution in [3.05, 3.63) is 64.7 Å². The number of nitrogens with zero attached hydrogens (tertiary/aromatic N) is 1. The molecule has 0 radical (unpaired) electrons. The molecule has 0 unspecified atom stereocenters. The van der Waals surface area contributed by atoms with Crippen molar-refractivity contribution in [2.45, 2.75) is 13.8 Å². The monoisotopic (exact) mass is 366 g/mol. The molecule has 0 atom stereocenters. The van der Waals surface area contributed by atoms with E-state index in [4.69, 9.17) is 4.74 Å². The molecule has 0 spiro atoms. The van der Waals surface area contributed by atoms with E-state index in [-0.39, 0.29) is 5.91 Å². The molecule has 0 saturated carbocycles. The average molecular weight is 366 g/mol. The minimum atomic E-state index is -0.724. The van der Waals surface area contributed by atoms with Crippen LogP contribution >= 0.6 is 0 Å². The van der Waals surface area contributed by atoms with Gasteiger partial charge in [0.15, 0.2) is 0 Å². The van der Waals surface area contributed by atoms with Gasteiger partial charge in [-0.05, 0) is 31.5 Å². The molecule has 1 N–H and O–H groups in total. The van der Waals surface area contributed by atoms with Gasteiger partial charge in [-0.25, -0.2) is 0 Å². The first-order chi connectivity index (χ1) is 13.0. The number of benzene rings is 2. The van der Waals surface area contributed by atoms with Gasteiger partial charge in [-0.2, -0.15) is 0 Å². The number of morpholine rings is 1. The number of hydrogen-bond donors (Lipinski definition) is 1. The number of aryl methyl sites for hydroxylation is 1. The van der Waals surface area contributed by atoms with E-state index in [1.807, 2.05) is 6.92 Å². The van der Waals surface area contributed by atoms with E-state index < -0.39 is 11.7 Å². The lowest BCUT2D eigenvalue weighted by atomic mass is 10.0. The number of Topliss-reactive ketones (excluding diaryl/α,β-unsaturated/α-hetero) is 1. The molecule has 1 saturated heterocycles. The highest BCUT2D eigenvalue weighted by molar-refractivity contribution is 6.46. The molecule has 1 fully saturated rings. The summed E-state index contributed by atoms with van der Waals surface area (Å²) in [5.41, 5.74) is 2.95. The van der Waals surface area contributed by atoms with Crippen molar-refractivity contribution in [3.63, 3.8) is 0 Å². The van der Waals surface area contributed by atoms with Crippen LogP contribution in [-0.4, -0.2) is 48.8 Å². The summed E-state index contributed by atoms with van der Waals surface area (Å²) in [5.74, 6) is -1.44. The maximum absolute atomic E-state index is 12.7. The minimum Gasteiger partial charge on any atom is -0.378 e. The molecule has 2 aromatic carbocycles. The third kappa shape index (κ3) is 4.23. The Morgan fingerprint density at radius 3 is 2.30 bits per heavy atom. The zero-order chi connectivity index (χ0) is 19.4. The van der Waals surface area contributed by atoms with Crippen LogP contribution in [0.2, 0.25) is 0 Å². The Kier molecular flexibility index (Phi) is 5.66. The highest BCUT2D eigenvalue weighted by atomic mass is 16.5. The summed E-state index contributed by atoms with van der Waals surface area (Å²) >= 11 is 0. The van der Waals surface area contributed by atoms with E-state index in [0.717, 1.165) is 5.56 Å². The second kappa shape index (κ2) is 8.14. The molecule has 27 heavy (non-hydrogen) atoms. The molecule has 2 amide bonds. The first-order valence-corrected chi connectivity index (χ1v) is 8.86. The van der Waals surface area contributed by atoms with Crippen molar-refractivity contribution in [3.8, 4) is 0 Å². The molecule has 2 aromatic rings. The fourth-order valence-electron chi connectivity index (χ4n) is 2.95. The number of ketones is 1. The summed E-state index contributed by atoms with van der Waals surface area (Å²) in [5, 5.41) is 2.64. The van der Waals surface area contributed by atoms with Gasteiger partial charge in [0.05, 0.1) is 13.2 Å². The minimum absolute atomic E-state index is 0.100.